The van der Waals surface area contributed by atoms with Crippen molar-refractivity contribution in [1.82, 2.24) is 14.7 Å². The molecule has 2 amide bonds. The summed E-state index contributed by atoms with van der Waals surface area (Å²) in [4.78, 5) is 31.1. The molecule has 0 aliphatic carbocycles. The fraction of sp³-hybridized carbons (Fsp3) is 0.889. The molecule has 3 rings (SSSR count). The molecule has 6 heteroatoms. The van der Waals surface area contributed by atoms with Gasteiger partial charge in [0, 0.05) is 45.2 Å². The van der Waals surface area contributed by atoms with E-state index in [1.165, 1.54) is 0 Å². The SMILES string of the molecule is CC[C@H]1CN(C(=O)CN2CCCCCC2=O)C[C@H]1N1CCOCC1. The Kier molecular flexibility index (Phi) is 6.11. The van der Waals surface area contributed by atoms with Gasteiger partial charge >= 0.3 is 0 Å². The molecule has 136 valence electrons. The van der Waals surface area contributed by atoms with Crippen LogP contribution in [0.25, 0.3) is 0 Å². The molecule has 0 unspecified atom stereocenters. The van der Waals surface area contributed by atoms with Gasteiger partial charge in [0.25, 0.3) is 0 Å². The lowest BCUT2D eigenvalue weighted by Crippen LogP contribution is -2.48. The Balaban J connectivity index is 1.57. The van der Waals surface area contributed by atoms with Gasteiger partial charge in [-0.15, -0.1) is 0 Å². The Morgan fingerprint density at radius 3 is 2.67 bits per heavy atom. The van der Waals surface area contributed by atoms with Crippen LogP contribution in [-0.2, 0) is 14.3 Å². The topological polar surface area (TPSA) is 53.1 Å². The van der Waals surface area contributed by atoms with Gasteiger partial charge in [-0.3, -0.25) is 14.5 Å². The van der Waals surface area contributed by atoms with Gasteiger partial charge in [0.15, 0.2) is 0 Å². The fourth-order valence-electron chi connectivity index (χ4n) is 4.25. The van der Waals surface area contributed by atoms with Crippen molar-refractivity contribution in [2.24, 2.45) is 5.92 Å². The summed E-state index contributed by atoms with van der Waals surface area (Å²) in [6.07, 6.45) is 4.77. The van der Waals surface area contributed by atoms with Gasteiger partial charge < -0.3 is 14.5 Å². The van der Waals surface area contributed by atoms with Gasteiger partial charge in [0.1, 0.15) is 0 Å². The van der Waals surface area contributed by atoms with Gasteiger partial charge in [-0.2, -0.15) is 0 Å². The van der Waals surface area contributed by atoms with Crippen LogP contribution in [0, 0.1) is 5.92 Å². The molecule has 0 saturated carbocycles. The van der Waals surface area contributed by atoms with Crippen molar-refractivity contribution in [2.45, 2.75) is 45.1 Å². The molecule has 3 aliphatic rings. The van der Waals surface area contributed by atoms with Crippen molar-refractivity contribution in [3.05, 3.63) is 0 Å². The number of carbonyl (C=O) groups excluding carboxylic acids is 2. The van der Waals surface area contributed by atoms with Crippen LogP contribution >= 0.6 is 0 Å². The van der Waals surface area contributed by atoms with E-state index in [1.807, 2.05) is 4.90 Å². The lowest BCUT2D eigenvalue weighted by Gasteiger charge is -2.34. The lowest BCUT2D eigenvalue weighted by atomic mass is 9.99. The zero-order valence-electron chi connectivity index (χ0n) is 14.9. The minimum atomic E-state index is 0.124. The highest BCUT2D eigenvalue weighted by molar-refractivity contribution is 5.85. The Labute approximate surface area is 145 Å². The minimum absolute atomic E-state index is 0.124. The lowest BCUT2D eigenvalue weighted by molar-refractivity contribution is -0.139. The summed E-state index contributed by atoms with van der Waals surface area (Å²) in [7, 11) is 0. The van der Waals surface area contributed by atoms with E-state index in [4.69, 9.17) is 4.74 Å². The molecule has 0 aromatic heterocycles. The highest BCUT2D eigenvalue weighted by Crippen LogP contribution is 2.26. The minimum Gasteiger partial charge on any atom is -0.379 e. The molecule has 3 fully saturated rings. The van der Waals surface area contributed by atoms with E-state index in [2.05, 4.69) is 11.8 Å². The maximum Gasteiger partial charge on any atom is 0.242 e. The number of hydrogen-bond donors (Lipinski definition) is 0. The molecule has 6 nitrogen and oxygen atoms in total. The van der Waals surface area contributed by atoms with Crippen LogP contribution < -0.4 is 0 Å². The predicted octanol–water partition coefficient (Wildman–Crippen LogP) is 0.958. The van der Waals surface area contributed by atoms with Gasteiger partial charge in [-0.05, 0) is 18.8 Å². The second-order valence-corrected chi connectivity index (χ2v) is 7.31. The highest BCUT2D eigenvalue weighted by atomic mass is 16.5. The number of nitrogens with zero attached hydrogens (tertiary/aromatic N) is 3. The van der Waals surface area contributed by atoms with Gasteiger partial charge in [-0.25, -0.2) is 0 Å². The van der Waals surface area contributed by atoms with Crippen LogP contribution in [0.3, 0.4) is 0 Å². The van der Waals surface area contributed by atoms with Gasteiger partial charge in [0.2, 0.25) is 11.8 Å². The highest BCUT2D eigenvalue weighted by Gasteiger charge is 2.38. The third kappa shape index (κ3) is 4.09. The summed E-state index contributed by atoms with van der Waals surface area (Å²) in [5, 5.41) is 0. The molecule has 2 atom stereocenters. The quantitative estimate of drug-likeness (QED) is 0.767. The normalized spacial score (nSPS) is 29.8. The molecule has 24 heavy (non-hydrogen) atoms. The largest absolute Gasteiger partial charge is 0.379 e. The van der Waals surface area contributed by atoms with E-state index in [1.54, 1.807) is 4.90 Å². The van der Waals surface area contributed by atoms with Crippen LogP contribution in [0.4, 0.5) is 0 Å². The fourth-order valence-corrected chi connectivity index (χ4v) is 4.25. The molecule has 3 aliphatic heterocycles. The predicted molar refractivity (Wildman–Crippen MR) is 91.6 cm³/mol. The summed E-state index contributed by atoms with van der Waals surface area (Å²) in [5.74, 6) is 0.808. The van der Waals surface area contributed by atoms with E-state index in [0.717, 1.165) is 71.6 Å². The van der Waals surface area contributed by atoms with Crippen molar-refractivity contribution in [2.75, 3.05) is 52.5 Å². The number of hydrogen-bond acceptors (Lipinski definition) is 4. The summed E-state index contributed by atoms with van der Waals surface area (Å²) in [6.45, 7) is 8.38. The van der Waals surface area contributed by atoms with Crippen molar-refractivity contribution >= 4 is 11.8 Å². The maximum atomic E-state index is 12.7. The smallest absolute Gasteiger partial charge is 0.242 e. The van der Waals surface area contributed by atoms with Crippen molar-refractivity contribution < 1.29 is 14.3 Å². The zero-order valence-corrected chi connectivity index (χ0v) is 14.9. The molecule has 3 saturated heterocycles. The van der Waals surface area contributed by atoms with E-state index in [0.29, 0.717) is 18.4 Å². The Hall–Kier alpha value is -1.14. The van der Waals surface area contributed by atoms with E-state index in [9.17, 15) is 9.59 Å². The number of ether oxygens (including phenoxy) is 1. The first-order valence-electron chi connectivity index (χ1n) is 9.56. The molecule has 0 radical (unpaired) electrons. The summed E-state index contributed by atoms with van der Waals surface area (Å²) in [6, 6.07) is 0.447. The van der Waals surface area contributed by atoms with Crippen LogP contribution in [0.15, 0.2) is 0 Å². The van der Waals surface area contributed by atoms with Gasteiger partial charge in [-0.1, -0.05) is 19.8 Å². The van der Waals surface area contributed by atoms with Crippen molar-refractivity contribution in [3.63, 3.8) is 0 Å². The second kappa shape index (κ2) is 8.30. The van der Waals surface area contributed by atoms with E-state index < -0.39 is 0 Å². The van der Waals surface area contributed by atoms with Crippen molar-refractivity contribution in [1.29, 1.82) is 0 Å². The standard InChI is InChI=1S/C18H31N3O3/c1-2-15-12-21(13-16(15)19-8-10-24-11-9-19)18(23)14-20-7-5-3-4-6-17(20)22/h15-16H,2-14H2,1H3/t15-,16+/m0/s1. The molecular formula is C18H31N3O3. The third-order valence-corrected chi connectivity index (χ3v) is 5.80. The Bertz CT molecular complexity index is 451. The summed E-state index contributed by atoms with van der Waals surface area (Å²) >= 11 is 0. The average molecular weight is 337 g/mol. The number of carbonyl (C=O) groups is 2. The summed E-state index contributed by atoms with van der Waals surface area (Å²) in [5.41, 5.74) is 0. The third-order valence-electron chi connectivity index (χ3n) is 5.80. The monoisotopic (exact) mass is 337 g/mol. The van der Waals surface area contributed by atoms with E-state index >= 15 is 0 Å². The first kappa shape index (κ1) is 17.7. The number of likely N-dealkylation sites (tertiary alicyclic amines) is 2. The van der Waals surface area contributed by atoms with Crippen LogP contribution in [0.1, 0.15) is 39.0 Å². The molecule has 0 aromatic carbocycles. The number of amides is 2. The second-order valence-electron chi connectivity index (χ2n) is 7.31. The van der Waals surface area contributed by atoms with E-state index in [-0.39, 0.29) is 18.4 Å². The average Bonchev–Trinajstić information content (AvgIpc) is 2.95. The molecule has 0 N–H and O–H groups in total. The molecule has 0 bridgehead atoms. The molecular weight excluding hydrogens is 306 g/mol. The zero-order chi connectivity index (χ0) is 16.9. The molecule has 0 aromatic rings. The first-order valence-corrected chi connectivity index (χ1v) is 9.56. The van der Waals surface area contributed by atoms with Crippen LogP contribution in [0.5, 0.6) is 0 Å². The Morgan fingerprint density at radius 2 is 1.92 bits per heavy atom. The van der Waals surface area contributed by atoms with Crippen LogP contribution in [0.2, 0.25) is 0 Å². The summed E-state index contributed by atoms with van der Waals surface area (Å²) < 4.78 is 5.46. The first-order chi connectivity index (χ1) is 11.7. The van der Waals surface area contributed by atoms with Crippen LogP contribution in [-0.4, -0.2) is 85.0 Å². The van der Waals surface area contributed by atoms with Crippen molar-refractivity contribution in [3.8, 4) is 0 Å². The maximum absolute atomic E-state index is 12.7. The number of rotatable bonds is 4. The molecule has 3 heterocycles. The van der Waals surface area contributed by atoms with Gasteiger partial charge in [0.05, 0.1) is 19.8 Å². The number of morpholine rings is 1. The Morgan fingerprint density at radius 1 is 1.12 bits per heavy atom. The molecule has 0 spiro atoms.